The Labute approximate surface area is 163 Å². The number of fused-ring (bicyclic) bond motifs is 1. The third kappa shape index (κ3) is 5.56. The molecule has 3 aromatic rings. The van der Waals surface area contributed by atoms with Crippen LogP contribution in [0.15, 0.2) is 40.8 Å². The lowest BCUT2D eigenvalue weighted by atomic mass is 10.1. The van der Waals surface area contributed by atoms with Crippen molar-refractivity contribution in [1.82, 2.24) is 10.3 Å². The van der Waals surface area contributed by atoms with Crippen LogP contribution >= 0.6 is 23.7 Å². The highest BCUT2D eigenvalue weighted by molar-refractivity contribution is 7.21. The number of furan rings is 1. The van der Waals surface area contributed by atoms with E-state index in [1.54, 1.807) is 11.3 Å². The third-order valence-electron chi connectivity index (χ3n) is 3.98. The van der Waals surface area contributed by atoms with Gasteiger partial charge < -0.3 is 15.5 Å². The van der Waals surface area contributed by atoms with Gasteiger partial charge in [-0.05, 0) is 43.7 Å². The van der Waals surface area contributed by atoms with Crippen LogP contribution in [-0.4, -0.2) is 17.4 Å². The zero-order chi connectivity index (χ0) is 17.5. The molecule has 0 unspecified atom stereocenters. The highest BCUT2D eigenvalue weighted by atomic mass is 35.5. The van der Waals surface area contributed by atoms with Crippen LogP contribution in [0.4, 0.5) is 0 Å². The number of nitrogens with zero attached hydrogens (tertiary/aromatic N) is 1. The predicted molar refractivity (Wildman–Crippen MR) is 109 cm³/mol. The molecule has 2 aromatic heterocycles. The number of hydrogen-bond acceptors (Lipinski definition) is 5. The number of benzene rings is 1. The van der Waals surface area contributed by atoms with Gasteiger partial charge in [-0.1, -0.05) is 25.0 Å². The quantitative estimate of drug-likeness (QED) is 0.524. The van der Waals surface area contributed by atoms with Crippen molar-refractivity contribution in [2.75, 3.05) is 6.54 Å². The van der Waals surface area contributed by atoms with Gasteiger partial charge in [-0.25, -0.2) is 4.98 Å². The van der Waals surface area contributed by atoms with Crippen LogP contribution in [0, 0.1) is 0 Å². The molecule has 0 saturated carbocycles. The fraction of sp³-hybridized carbons (Fsp3) is 0.368. The van der Waals surface area contributed by atoms with E-state index in [2.05, 4.69) is 10.3 Å². The average molecular weight is 394 g/mol. The van der Waals surface area contributed by atoms with Crippen LogP contribution in [0.1, 0.15) is 37.9 Å². The van der Waals surface area contributed by atoms with E-state index in [-0.39, 0.29) is 18.3 Å². The molecule has 0 fully saturated rings. The number of rotatable bonds is 9. The second kappa shape index (κ2) is 10.3. The molecule has 0 aliphatic carbocycles. The summed E-state index contributed by atoms with van der Waals surface area (Å²) in [5.41, 5.74) is 6.43. The number of halogens is 1. The van der Waals surface area contributed by atoms with E-state index in [1.807, 2.05) is 36.4 Å². The second-order valence-corrected chi connectivity index (χ2v) is 7.01. The molecule has 5 nitrogen and oxygen atoms in total. The van der Waals surface area contributed by atoms with Crippen LogP contribution in [0.5, 0.6) is 0 Å². The van der Waals surface area contributed by atoms with E-state index in [1.165, 1.54) is 0 Å². The Morgan fingerprint density at radius 2 is 1.92 bits per heavy atom. The van der Waals surface area contributed by atoms with E-state index in [4.69, 9.17) is 10.2 Å². The number of carbonyl (C=O) groups is 1. The minimum atomic E-state index is 0. The lowest BCUT2D eigenvalue weighted by Gasteiger charge is -2.03. The highest BCUT2D eigenvalue weighted by Crippen LogP contribution is 2.31. The minimum absolute atomic E-state index is 0. The van der Waals surface area contributed by atoms with Crippen molar-refractivity contribution < 1.29 is 9.21 Å². The van der Waals surface area contributed by atoms with Gasteiger partial charge in [-0.3, -0.25) is 4.79 Å². The molecule has 1 amide bonds. The highest BCUT2D eigenvalue weighted by Gasteiger charge is 2.11. The maximum atomic E-state index is 11.9. The molecule has 0 radical (unpaired) electrons. The summed E-state index contributed by atoms with van der Waals surface area (Å²) in [7, 11) is 0. The van der Waals surface area contributed by atoms with Crippen molar-refractivity contribution in [3.05, 3.63) is 42.2 Å². The van der Waals surface area contributed by atoms with Crippen LogP contribution in [0.2, 0.25) is 0 Å². The zero-order valence-electron chi connectivity index (χ0n) is 14.6. The topological polar surface area (TPSA) is 81.2 Å². The minimum Gasteiger partial charge on any atom is -0.457 e. The largest absolute Gasteiger partial charge is 0.457 e. The summed E-state index contributed by atoms with van der Waals surface area (Å²) < 4.78 is 6.96. The second-order valence-electron chi connectivity index (χ2n) is 5.98. The zero-order valence-corrected chi connectivity index (χ0v) is 16.2. The smallest absolute Gasteiger partial charge is 0.220 e. The molecule has 140 valence electrons. The van der Waals surface area contributed by atoms with E-state index in [0.717, 1.165) is 59.0 Å². The Bertz CT molecular complexity index is 798. The molecule has 2 heterocycles. The average Bonchev–Trinajstić information content (AvgIpc) is 3.26. The van der Waals surface area contributed by atoms with Gasteiger partial charge in [-0.2, -0.15) is 0 Å². The van der Waals surface area contributed by atoms with Crippen LogP contribution in [0.3, 0.4) is 0 Å². The molecule has 7 heteroatoms. The summed E-state index contributed by atoms with van der Waals surface area (Å²) in [5.74, 6) is 1.55. The van der Waals surface area contributed by atoms with Gasteiger partial charge in [0.2, 0.25) is 5.91 Å². The predicted octanol–water partition coefficient (Wildman–Crippen LogP) is 4.50. The number of amides is 1. The van der Waals surface area contributed by atoms with Gasteiger partial charge in [0.1, 0.15) is 5.76 Å². The number of para-hydroxylation sites is 1. The molecule has 3 N–H and O–H groups in total. The first kappa shape index (κ1) is 20.4. The van der Waals surface area contributed by atoms with Gasteiger partial charge in [0.15, 0.2) is 10.8 Å². The van der Waals surface area contributed by atoms with Crippen molar-refractivity contribution in [2.45, 2.75) is 38.6 Å². The van der Waals surface area contributed by atoms with Gasteiger partial charge >= 0.3 is 0 Å². The summed E-state index contributed by atoms with van der Waals surface area (Å²) in [5, 5.41) is 3.77. The normalized spacial score (nSPS) is 10.7. The van der Waals surface area contributed by atoms with E-state index in [0.29, 0.717) is 13.0 Å². The lowest BCUT2D eigenvalue weighted by molar-refractivity contribution is -0.121. The summed E-state index contributed by atoms with van der Waals surface area (Å²) in [4.78, 5) is 16.4. The molecule has 0 bridgehead atoms. The Morgan fingerprint density at radius 3 is 2.73 bits per heavy atom. The first-order valence-corrected chi connectivity index (χ1v) is 9.49. The Morgan fingerprint density at radius 1 is 1.12 bits per heavy atom. The Hall–Kier alpha value is -1.89. The number of carbonyl (C=O) groups excluding carboxylic acids is 1. The number of aromatic nitrogens is 1. The van der Waals surface area contributed by atoms with Crippen molar-refractivity contribution >= 4 is 39.9 Å². The van der Waals surface area contributed by atoms with Gasteiger partial charge in [0, 0.05) is 6.42 Å². The maximum Gasteiger partial charge on any atom is 0.220 e. The fourth-order valence-corrected chi connectivity index (χ4v) is 3.55. The Kier molecular flexibility index (Phi) is 8.09. The summed E-state index contributed by atoms with van der Waals surface area (Å²) in [6, 6.07) is 11.8. The lowest BCUT2D eigenvalue weighted by Crippen LogP contribution is -2.22. The first-order chi connectivity index (χ1) is 12.3. The van der Waals surface area contributed by atoms with Crippen molar-refractivity contribution in [3.8, 4) is 10.8 Å². The molecule has 0 aliphatic heterocycles. The Balaban J connectivity index is 0.00000243. The van der Waals surface area contributed by atoms with Crippen molar-refractivity contribution in [2.24, 2.45) is 5.73 Å². The standard InChI is InChI=1S/C19H23N3O2S.ClH/c20-12-6-2-1-3-9-18(23)21-13-14-10-11-16(24-14)19-22-15-7-4-5-8-17(15)25-19;/h4-5,7-8,10-11H,1-3,6,9,12-13,20H2,(H,21,23);1H. The molecular weight excluding hydrogens is 370 g/mol. The van der Waals surface area contributed by atoms with E-state index in [9.17, 15) is 4.79 Å². The number of thiazole rings is 1. The fourth-order valence-electron chi connectivity index (χ4n) is 2.62. The third-order valence-corrected chi connectivity index (χ3v) is 5.04. The summed E-state index contributed by atoms with van der Waals surface area (Å²) >= 11 is 1.60. The van der Waals surface area contributed by atoms with E-state index < -0.39 is 0 Å². The number of nitrogens with two attached hydrogens (primary N) is 1. The summed E-state index contributed by atoms with van der Waals surface area (Å²) in [6.45, 7) is 1.13. The van der Waals surface area contributed by atoms with Gasteiger partial charge in [0.25, 0.3) is 0 Å². The molecule has 0 spiro atoms. The van der Waals surface area contributed by atoms with Gasteiger partial charge in [-0.15, -0.1) is 23.7 Å². The van der Waals surface area contributed by atoms with Crippen molar-refractivity contribution in [1.29, 1.82) is 0 Å². The molecule has 0 atom stereocenters. The maximum absolute atomic E-state index is 11.9. The first-order valence-electron chi connectivity index (χ1n) is 8.67. The number of unbranched alkanes of at least 4 members (excludes halogenated alkanes) is 3. The molecular formula is C19H24ClN3O2S. The molecule has 3 rings (SSSR count). The van der Waals surface area contributed by atoms with Crippen LogP contribution < -0.4 is 11.1 Å². The molecule has 26 heavy (non-hydrogen) atoms. The monoisotopic (exact) mass is 393 g/mol. The van der Waals surface area contributed by atoms with Crippen LogP contribution in [-0.2, 0) is 11.3 Å². The SMILES string of the molecule is Cl.NCCCCCCC(=O)NCc1ccc(-c2nc3ccccc3s2)o1. The number of hydrogen-bond donors (Lipinski definition) is 2. The van der Waals surface area contributed by atoms with Crippen LogP contribution in [0.25, 0.3) is 21.0 Å². The summed E-state index contributed by atoms with van der Waals surface area (Å²) in [6.07, 6.45) is 4.63. The molecule has 0 aliphatic rings. The van der Waals surface area contributed by atoms with Crippen molar-refractivity contribution in [3.63, 3.8) is 0 Å². The molecule has 0 saturated heterocycles. The number of nitrogens with one attached hydrogen (secondary N) is 1. The van der Waals surface area contributed by atoms with E-state index >= 15 is 0 Å². The van der Waals surface area contributed by atoms with Gasteiger partial charge in [0.05, 0.1) is 16.8 Å². The molecule has 1 aromatic carbocycles.